The van der Waals surface area contributed by atoms with Gasteiger partial charge in [-0.05, 0) is 24.7 Å². The van der Waals surface area contributed by atoms with Crippen molar-refractivity contribution in [3.63, 3.8) is 0 Å². The van der Waals surface area contributed by atoms with Crippen LogP contribution in [0.25, 0.3) is 10.9 Å². The molecule has 0 saturated carbocycles. The zero-order valence-corrected chi connectivity index (χ0v) is 10.8. The van der Waals surface area contributed by atoms with Gasteiger partial charge in [-0.15, -0.1) is 6.42 Å². The van der Waals surface area contributed by atoms with E-state index in [4.69, 9.17) is 6.42 Å². The van der Waals surface area contributed by atoms with Crippen LogP contribution in [0.4, 0.5) is 5.82 Å². The number of fused-ring (bicyclic) bond motifs is 1. The fraction of sp³-hybridized carbons (Fsp3) is 0.267. The van der Waals surface area contributed by atoms with Crippen LogP contribution in [-0.2, 0) is 6.54 Å². The molecule has 0 atom stereocenters. The molecule has 1 aromatic carbocycles. The Hall–Kier alpha value is -2.05. The number of hydrogen-bond acceptors (Lipinski definition) is 3. The average molecular weight is 239 g/mol. The van der Waals surface area contributed by atoms with E-state index in [9.17, 15) is 0 Å². The predicted molar refractivity (Wildman–Crippen MR) is 76.6 cm³/mol. The van der Waals surface area contributed by atoms with Gasteiger partial charge in [0.15, 0.2) is 0 Å². The maximum Gasteiger partial charge on any atom is 0.130 e. The third kappa shape index (κ3) is 2.44. The third-order valence-electron chi connectivity index (χ3n) is 2.88. The lowest BCUT2D eigenvalue weighted by atomic mass is 10.1. The van der Waals surface area contributed by atoms with Crippen LogP contribution >= 0.6 is 0 Å². The smallest absolute Gasteiger partial charge is 0.130 e. The van der Waals surface area contributed by atoms with Crippen molar-refractivity contribution in [2.24, 2.45) is 0 Å². The quantitative estimate of drug-likeness (QED) is 0.827. The highest BCUT2D eigenvalue weighted by atomic mass is 15.2. The normalized spacial score (nSPS) is 10.3. The van der Waals surface area contributed by atoms with Crippen molar-refractivity contribution < 1.29 is 0 Å². The monoisotopic (exact) mass is 239 g/mol. The molecule has 3 heteroatoms. The second-order valence-corrected chi connectivity index (χ2v) is 4.25. The van der Waals surface area contributed by atoms with Crippen molar-refractivity contribution in [2.45, 2.75) is 6.54 Å². The SMILES string of the molecule is C#CCN(C)c1cc(CNC)c2ccccc2n1. The zero-order valence-electron chi connectivity index (χ0n) is 10.8. The summed E-state index contributed by atoms with van der Waals surface area (Å²) in [6.45, 7) is 1.38. The Bertz CT molecular complexity index is 584. The number of hydrogen-bond donors (Lipinski definition) is 1. The minimum Gasteiger partial charge on any atom is -0.349 e. The molecule has 0 spiro atoms. The van der Waals surface area contributed by atoms with Crippen molar-refractivity contribution in [3.8, 4) is 12.3 Å². The molecular formula is C15H17N3. The second-order valence-electron chi connectivity index (χ2n) is 4.25. The minimum absolute atomic E-state index is 0.560. The lowest BCUT2D eigenvalue weighted by molar-refractivity contribution is 0.821. The number of anilines is 1. The summed E-state index contributed by atoms with van der Waals surface area (Å²) < 4.78 is 0. The molecule has 0 saturated heterocycles. The number of aromatic nitrogens is 1. The fourth-order valence-corrected chi connectivity index (χ4v) is 1.98. The number of rotatable bonds is 4. The molecule has 0 fully saturated rings. The van der Waals surface area contributed by atoms with Crippen molar-refractivity contribution in [1.82, 2.24) is 10.3 Å². The maximum absolute atomic E-state index is 5.34. The molecular weight excluding hydrogens is 222 g/mol. The van der Waals surface area contributed by atoms with Crippen LogP contribution in [0.5, 0.6) is 0 Å². The number of nitrogens with zero attached hydrogens (tertiary/aromatic N) is 2. The summed E-state index contributed by atoms with van der Waals surface area (Å²) >= 11 is 0. The molecule has 2 aromatic rings. The molecule has 0 aliphatic carbocycles. The van der Waals surface area contributed by atoms with Gasteiger partial charge in [-0.3, -0.25) is 0 Å². The van der Waals surface area contributed by atoms with Crippen LogP contribution in [0.3, 0.4) is 0 Å². The van der Waals surface area contributed by atoms with Crippen molar-refractivity contribution >= 4 is 16.7 Å². The molecule has 1 N–H and O–H groups in total. The molecule has 2 rings (SSSR count). The van der Waals surface area contributed by atoms with E-state index >= 15 is 0 Å². The molecule has 0 radical (unpaired) electrons. The van der Waals surface area contributed by atoms with Crippen LogP contribution in [0.2, 0.25) is 0 Å². The molecule has 92 valence electrons. The summed E-state index contributed by atoms with van der Waals surface area (Å²) in [6.07, 6.45) is 5.34. The molecule has 0 amide bonds. The molecule has 1 heterocycles. The second kappa shape index (κ2) is 5.52. The lowest BCUT2D eigenvalue weighted by Crippen LogP contribution is -2.19. The Balaban J connectivity index is 2.53. The molecule has 18 heavy (non-hydrogen) atoms. The summed E-state index contributed by atoms with van der Waals surface area (Å²) in [6, 6.07) is 10.3. The highest BCUT2D eigenvalue weighted by Crippen LogP contribution is 2.22. The average Bonchev–Trinajstić information content (AvgIpc) is 2.39. The van der Waals surface area contributed by atoms with Crippen molar-refractivity contribution in [3.05, 3.63) is 35.9 Å². The van der Waals surface area contributed by atoms with Crippen LogP contribution < -0.4 is 10.2 Å². The molecule has 0 aliphatic heterocycles. The Labute approximate surface area is 108 Å². The number of pyridine rings is 1. The van der Waals surface area contributed by atoms with E-state index in [1.54, 1.807) is 0 Å². The van der Waals surface area contributed by atoms with Crippen molar-refractivity contribution in [1.29, 1.82) is 0 Å². The molecule has 0 unspecified atom stereocenters. The Morgan fingerprint density at radius 2 is 2.17 bits per heavy atom. The first kappa shape index (κ1) is 12.4. The maximum atomic E-state index is 5.34. The first-order valence-electron chi connectivity index (χ1n) is 5.94. The minimum atomic E-state index is 0.560. The molecule has 3 nitrogen and oxygen atoms in total. The summed E-state index contributed by atoms with van der Waals surface area (Å²) in [5.41, 5.74) is 2.24. The van der Waals surface area contributed by atoms with Crippen LogP contribution in [0.15, 0.2) is 30.3 Å². The number of para-hydroxylation sites is 1. The predicted octanol–water partition coefficient (Wildman–Crippen LogP) is 2.02. The highest BCUT2D eigenvalue weighted by Gasteiger charge is 2.07. The third-order valence-corrected chi connectivity index (χ3v) is 2.88. The summed E-state index contributed by atoms with van der Waals surface area (Å²) in [7, 11) is 3.90. The number of terminal acetylenes is 1. The fourth-order valence-electron chi connectivity index (χ4n) is 1.98. The van der Waals surface area contributed by atoms with Gasteiger partial charge in [0.1, 0.15) is 5.82 Å². The van der Waals surface area contributed by atoms with Gasteiger partial charge in [0.05, 0.1) is 12.1 Å². The van der Waals surface area contributed by atoms with Crippen molar-refractivity contribution in [2.75, 3.05) is 25.5 Å². The molecule has 1 aromatic heterocycles. The van der Waals surface area contributed by atoms with E-state index in [1.807, 2.05) is 37.2 Å². The zero-order chi connectivity index (χ0) is 13.0. The van der Waals surface area contributed by atoms with Gasteiger partial charge in [0.2, 0.25) is 0 Å². The number of benzene rings is 1. The van der Waals surface area contributed by atoms with Gasteiger partial charge in [0.25, 0.3) is 0 Å². The first-order valence-corrected chi connectivity index (χ1v) is 5.94. The highest BCUT2D eigenvalue weighted by molar-refractivity contribution is 5.84. The Morgan fingerprint density at radius 3 is 2.89 bits per heavy atom. The van der Waals surface area contributed by atoms with E-state index in [0.29, 0.717) is 6.54 Å². The lowest BCUT2D eigenvalue weighted by Gasteiger charge is -2.17. The van der Waals surface area contributed by atoms with Gasteiger partial charge in [-0.2, -0.15) is 0 Å². The Kier molecular flexibility index (Phi) is 3.81. The van der Waals surface area contributed by atoms with Crippen LogP contribution in [-0.4, -0.2) is 25.6 Å². The summed E-state index contributed by atoms with van der Waals surface area (Å²) in [5.74, 6) is 3.55. The largest absolute Gasteiger partial charge is 0.349 e. The van der Waals surface area contributed by atoms with E-state index in [-0.39, 0.29) is 0 Å². The van der Waals surface area contributed by atoms with Gasteiger partial charge in [-0.25, -0.2) is 4.98 Å². The van der Waals surface area contributed by atoms with Crippen LogP contribution in [0.1, 0.15) is 5.56 Å². The molecule has 0 aliphatic rings. The van der Waals surface area contributed by atoms with E-state index in [0.717, 1.165) is 17.9 Å². The van der Waals surface area contributed by atoms with Gasteiger partial charge in [0, 0.05) is 19.0 Å². The first-order chi connectivity index (χ1) is 8.76. The standard InChI is InChI=1S/C15H17N3/c1-4-9-18(3)15-10-12(11-16-2)13-7-5-6-8-14(13)17-15/h1,5-8,10,16H,9,11H2,2-3H3. The van der Waals surface area contributed by atoms with Gasteiger partial charge in [-0.1, -0.05) is 24.1 Å². The van der Waals surface area contributed by atoms with E-state index in [2.05, 4.69) is 28.4 Å². The summed E-state index contributed by atoms with van der Waals surface area (Å²) in [5, 5.41) is 4.37. The Morgan fingerprint density at radius 1 is 1.39 bits per heavy atom. The summed E-state index contributed by atoms with van der Waals surface area (Å²) in [4.78, 5) is 6.62. The van der Waals surface area contributed by atoms with Gasteiger partial charge >= 0.3 is 0 Å². The number of nitrogens with one attached hydrogen (secondary N) is 1. The van der Waals surface area contributed by atoms with E-state index < -0.39 is 0 Å². The molecule has 0 bridgehead atoms. The topological polar surface area (TPSA) is 28.2 Å². The van der Waals surface area contributed by atoms with Gasteiger partial charge < -0.3 is 10.2 Å². The van der Waals surface area contributed by atoms with Crippen LogP contribution in [0, 0.1) is 12.3 Å². The van der Waals surface area contributed by atoms with E-state index in [1.165, 1.54) is 10.9 Å².